The first-order valence-corrected chi connectivity index (χ1v) is 8.47. The minimum atomic E-state index is 0.250. The normalized spacial score (nSPS) is 10.4. The van der Waals surface area contributed by atoms with Crippen LogP contribution < -0.4 is 5.73 Å². The number of nitrogen functional groups attached to an aromatic ring is 1. The summed E-state index contributed by atoms with van der Waals surface area (Å²) < 4.78 is 1.17. The molecule has 0 amide bonds. The van der Waals surface area contributed by atoms with Gasteiger partial charge in [-0.2, -0.15) is 0 Å². The van der Waals surface area contributed by atoms with Crippen LogP contribution in [-0.2, 0) is 0 Å². The number of anilines is 1. The molecule has 0 spiro atoms. The van der Waals surface area contributed by atoms with E-state index in [1.807, 2.05) is 48.5 Å². The number of benzene rings is 4. The molecule has 0 saturated heterocycles. The lowest BCUT2D eigenvalue weighted by Crippen LogP contribution is -1.85. The van der Waals surface area contributed by atoms with Gasteiger partial charge in [0.25, 0.3) is 0 Å². The first-order valence-electron chi connectivity index (χ1n) is 7.39. The van der Waals surface area contributed by atoms with Gasteiger partial charge in [-0.25, -0.2) is 0 Å². The smallest absolute Gasteiger partial charge is 0.116 e. The van der Waals surface area contributed by atoms with Crippen molar-refractivity contribution in [3.63, 3.8) is 0 Å². The Kier molecular flexibility index (Phi) is 4.76. The molecule has 4 aromatic rings. The molecule has 0 bridgehead atoms. The predicted molar refractivity (Wildman–Crippen MR) is 108 cm³/mol. The zero-order valence-electron chi connectivity index (χ0n) is 12.8. The van der Waals surface area contributed by atoms with Gasteiger partial charge in [-0.3, -0.25) is 0 Å². The van der Waals surface area contributed by atoms with E-state index >= 15 is 0 Å². The summed E-state index contributed by atoms with van der Waals surface area (Å²) in [5.41, 5.74) is 6.41. The highest BCUT2D eigenvalue weighted by molar-refractivity contribution is 14.1. The molecule has 0 aliphatic carbocycles. The molecule has 120 valence electrons. The van der Waals surface area contributed by atoms with Crippen LogP contribution in [0, 0.1) is 3.57 Å². The molecule has 3 nitrogen and oxygen atoms in total. The Bertz CT molecular complexity index is 931. The summed E-state index contributed by atoms with van der Waals surface area (Å²) in [5.74, 6) is 0.576. The lowest BCUT2D eigenvalue weighted by molar-refractivity contribution is 0.475. The fraction of sp³-hybridized carbons (Fsp3) is 0. The molecule has 4 heteroatoms. The van der Waals surface area contributed by atoms with Gasteiger partial charge < -0.3 is 15.9 Å². The number of nitrogens with two attached hydrogens (primary N) is 1. The number of rotatable bonds is 0. The largest absolute Gasteiger partial charge is 0.508 e. The number of fused-ring (bicyclic) bond motifs is 2. The van der Waals surface area contributed by atoms with E-state index in [0.717, 1.165) is 16.2 Å². The van der Waals surface area contributed by atoms with Gasteiger partial charge in [-0.1, -0.05) is 36.4 Å². The van der Waals surface area contributed by atoms with Gasteiger partial charge in [0.2, 0.25) is 0 Å². The van der Waals surface area contributed by atoms with Crippen LogP contribution in [-0.4, -0.2) is 10.2 Å². The Hall–Kier alpha value is -2.47. The van der Waals surface area contributed by atoms with Crippen molar-refractivity contribution in [2.45, 2.75) is 0 Å². The van der Waals surface area contributed by atoms with E-state index in [-0.39, 0.29) is 5.75 Å². The van der Waals surface area contributed by atoms with Gasteiger partial charge >= 0.3 is 0 Å². The Labute approximate surface area is 153 Å². The highest BCUT2D eigenvalue weighted by atomic mass is 127. The highest BCUT2D eigenvalue weighted by Gasteiger charge is 1.98. The summed E-state index contributed by atoms with van der Waals surface area (Å²) >= 11 is 2.26. The molecule has 0 aliphatic rings. The van der Waals surface area contributed by atoms with Gasteiger partial charge in [0.1, 0.15) is 11.5 Å². The molecular formula is C20H16INO2. The fourth-order valence-electron chi connectivity index (χ4n) is 2.51. The summed E-state index contributed by atoms with van der Waals surface area (Å²) in [4.78, 5) is 0. The first-order chi connectivity index (χ1) is 11.5. The molecule has 0 aromatic heterocycles. The zero-order valence-corrected chi connectivity index (χ0v) is 14.9. The van der Waals surface area contributed by atoms with E-state index in [4.69, 9.17) is 5.73 Å². The fourth-order valence-corrected chi connectivity index (χ4v) is 3.18. The second kappa shape index (κ2) is 6.97. The Morgan fingerprint density at radius 1 is 0.667 bits per heavy atom. The summed E-state index contributed by atoms with van der Waals surface area (Å²) in [5, 5.41) is 22.7. The quantitative estimate of drug-likeness (QED) is 0.263. The monoisotopic (exact) mass is 429 g/mol. The number of hydrogen-bond acceptors (Lipinski definition) is 3. The van der Waals surface area contributed by atoms with Gasteiger partial charge in [0.05, 0.1) is 0 Å². The number of halogens is 1. The Morgan fingerprint density at radius 2 is 1.21 bits per heavy atom. The summed E-state index contributed by atoms with van der Waals surface area (Å²) in [6.07, 6.45) is 0. The average Bonchev–Trinajstić information content (AvgIpc) is 2.57. The summed E-state index contributed by atoms with van der Waals surface area (Å²) in [6, 6.07) is 22.4. The van der Waals surface area contributed by atoms with Gasteiger partial charge in [-0.05, 0) is 75.1 Å². The first kappa shape index (κ1) is 16.4. The minimum Gasteiger partial charge on any atom is -0.508 e. The van der Waals surface area contributed by atoms with Crippen LogP contribution in [0.5, 0.6) is 11.5 Å². The molecule has 0 fully saturated rings. The number of hydrogen-bond donors (Lipinski definition) is 3. The lowest BCUT2D eigenvalue weighted by atomic mass is 10.1. The van der Waals surface area contributed by atoms with Crippen molar-refractivity contribution in [3.05, 3.63) is 76.4 Å². The minimum absolute atomic E-state index is 0.250. The van der Waals surface area contributed by atoms with Crippen molar-refractivity contribution < 1.29 is 10.2 Å². The van der Waals surface area contributed by atoms with Crippen molar-refractivity contribution in [1.82, 2.24) is 0 Å². The van der Waals surface area contributed by atoms with Crippen molar-refractivity contribution in [2.24, 2.45) is 0 Å². The van der Waals surface area contributed by atoms with E-state index in [0.29, 0.717) is 11.4 Å². The second-order valence-electron chi connectivity index (χ2n) is 5.40. The standard InChI is InChI=1S/C10H7IO.C10H9NO/c2*11-10-3-1-2-7-4-5-8(12)6-9(7)10/h1-6,12H;1-6,12H,11H2. The van der Waals surface area contributed by atoms with Crippen molar-refractivity contribution in [1.29, 1.82) is 0 Å². The van der Waals surface area contributed by atoms with Crippen LogP contribution in [0.4, 0.5) is 5.69 Å². The van der Waals surface area contributed by atoms with Crippen molar-refractivity contribution in [3.8, 4) is 11.5 Å². The second-order valence-corrected chi connectivity index (χ2v) is 6.56. The van der Waals surface area contributed by atoms with Crippen molar-refractivity contribution >= 4 is 49.8 Å². The number of phenols is 2. The molecular weight excluding hydrogens is 413 g/mol. The van der Waals surface area contributed by atoms with E-state index in [2.05, 4.69) is 22.6 Å². The molecule has 0 unspecified atom stereocenters. The van der Waals surface area contributed by atoms with Crippen LogP contribution in [0.15, 0.2) is 72.8 Å². The molecule has 0 radical (unpaired) electrons. The third-order valence-corrected chi connectivity index (χ3v) is 4.65. The van der Waals surface area contributed by atoms with Crippen LogP contribution >= 0.6 is 22.6 Å². The van der Waals surface area contributed by atoms with E-state index in [1.54, 1.807) is 24.3 Å². The maximum absolute atomic E-state index is 9.25. The van der Waals surface area contributed by atoms with Gasteiger partial charge in [0.15, 0.2) is 0 Å². The van der Waals surface area contributed by atoms with Gasteiger partial charge in [-0.15, -0.1) is 0 Å². The molecule has 4 N–H and O–H groups in total. The number of phenolic OH excluding ortho intramolecular Hbond substituents is 2. The molecule has 0 aliphatic heterocycles. The topological polar surface area (TPSA) is 66.5 Å². The summed E-state index contributed by atoms with van der Waals surface area (Å²) in [6.45, 7) is 0. The Balaban J connectivity index is 0.000000141. The van der Waals surface area contributed by atoms with E-state index < -0.39 is 0 Å². The zero-order chi connectivity index (χ0) is 17.1. The third-order valence-electron chi connectivity index (χ3n) is 3.71. The summed E-state index contributed by atoms with van der Waals surface area (Å²) in [7, 11) is 0. The third kappa shape index (κ3) is 3.54. The van der Waals surface area contributed by atoms with Crippen LogP contribution in [0.2, 0.25) is 0 Å². The molecule has 0 saturated carbocycles. The molecule has 4 rings (SSSR count). The molecule has 24 heavy (non-hydrogen) atoms. The van der Waals surface area contributed by atoms with Crippen LogP contribution in [0.1, 0.15) is 0 Å². The van der Waals surface area contributed by atoms with E-state index in [1.165, 1.54) is 8.96 Å². The van der Waals surface area contributed by atoms with Crippen LogP contribution in [0.3, 0.4) is 0 Å². The maximum Gasteiger partial charge on any atom is 0.116 e. The Morgan fingerprint density at radius 3 is 1.88 bits per heavy atom. The van der Waals surface area contributed by atoms with Crippen molar-refractivity contribution in [2.75, 3.05) is 5.73 Å². The number of aromatic hydroxyl groups is 2. The highest BCUT2D eigenvalue weighted by Crippen LogP contribution is 2.25. The molecule has 4 aromatic carbocycles. The van der Waals surface area contributed by atoms with E-state index in [9.17, 15) is 10.2 Å². The molecule has 0 atom stereocenters. The average molecular weight is 429 g/mol. The lowest BCUT2D eigenvalue weighted by Gasteiger charge is -2.01. The van der Waals surface area contributed by atoms with Crippen LogP contribution in [0.25, 0.3) is 21.5 Å². The predicted octanol–water partition coefficient (Wildman–Crippen LogP) is 5.28. The van der Waals surface area contributed by atoms with Gasteiger partial charge in [0, 0.05) is 14.6 Å². The maximum atomic E-state index is 9.25. The SMILES string of the molecule is Nc1cccc2ccc(O)cc12.Oc1ccc2cccc(I)c2c1. The molecule has 0 heterocycles.